The summed E-state index contributed by atoms with van der Waals surface area (Å²) in [5.74, 6) is 1.81. The van der Waals surface area contributed by atoms with Gasteiger partial charge in [-0.2, -0.15) is 0 Å². The van der Waals surface area contributed by atoms with Crippen LogP contribution < -0.4 is 5.32 Å². The van der Waals surface area contributed by atoms with E-state index >= 15 is 0 Å². The van der Waals surface area contributed by atoms with Crippen molar-refractivity contribution in [3.8, 4) is 0 Å². The Balaban J connectivity index is 1.64. The van der Waals surface area contributed by atoms with Gasteiger partial charge >= 0.3 is 0 Å². The number of hydrogen-bond acceptors (Lipinski definition) is 1. The summed E-state index contributed by atoms with van der Waals surface area (Å²) in [4.78, 5) is 0. The quantitative estimate of drug-likeness (QED) is 0.726. The second-order valence-electron chi connectivity index (χ2n) is 7.17. The number of fused-ring (bicyclic) bond motifs is 1. The monoisotopic (exact) mass is 285 g/mol. The van der Waals surface area contributed by atoms with E-state index < -0.39 is 0 Å². The van der Waals surface area contributed by atoms with Crippen LogP contribution in [-0.2, 0) is 19.3 Å². The van der Waals surface area contributed by atoms with Crippen LogP contribution in [0, 0.1) is 11.8 Å². The first kappa shape index (κ1) is 15.1. The Kier molecular flexibility index (Phi) is 5.35. The van der Waals surface area contributed by atoms with Gasteiger partial charge in [-0.1, -0.05) is 50.8 Å². The van der Waals surface area contributed by atoms with E-state index in [4.69, 9.17) is 0 Å². The van der Waals surface area contributed by atoms with Crippen LogP contribution in [0.25, 0.3) is 0 Å². The van der Waals surface area contributed by atoms with Crippen LogP contribution in [0.1, 0.15) is 62.1 Å². The molecule has 2 aliphatic carbocycles. The second-order valence-corrected chi connectivity index (χ2v) is 7.17. The average Bonchev–Trinajstić information content (AvgIpc) is 3.17. The molecule has 2 aliphatic rings. The molecule has 1 fully saturated rings. The fourth-order valence-corrected chi connectivity index (χ4v) is 4.35. The van der Waals surface area contributed by atoms with Crippen molar-refractivity contribution in [1.29, 1.82) is 0 Å². The van der Waals surface area contributed by atoms with Gasteiger partial charge in [-0.25, -0.2) is 0 Å². The van der Waals surface area contributed by atoms with E-state index in [9.17, 15) is 0 Å². The van der Waals surface area contributed by atoms with Crippen molar-refractivity contribution in [3.63, 3.8) is 0 Å². The SMILES string of the molecule is CCCNCC(Cc1ccc2c(c1)CCC2)C1CCCC1. The molecule has 0 amide bonds. The van der Waals surface area contributed by atoms with Gasteiger partial charge in [0.25, 0.3) is 0 Å². The van der Waals surface area contributed by atoms with Crippen LogP contribution in [0.5, 0.6) is 0 Å². The van der Waals surface area contributed by atoms with Crippen molar-refractivity contribution in [2.45, 2.75) is 64.7 Å². The zero-order valence-electron chi connectivity index (χ0n) is 13.7. The molecular weight excluding hydrogens is 254 g/mol. The number of rotatable bonds is 7. The molecule has 1 heteroatoms. The first-order chi connectivity index (χ1) is 10.4. The van der Waals surface area contributed by atoms with Gasteiger partial charge in [-0.3, -0.25) is 0 Å². The number of benzene rings is 1. The Bertz CT molecular complexity index is 445. The summed E-state index contributed by atoms with van der Waals surface area (Å²) in [6.45, 7) is 4.65. The maximum Gasteiger partial charge on any atom is -0.00147 e. The van der Waals surface area contributed by atoms with Crippen molar-refractivity contribution in [2.75, 3.05) is 13.1 Å². The van der Waals surface area contributed by atoms with Crippen LogP contribution in [0.2, 0.25) is 0 Å². The molecular formula is C20H31N. The smallest absolute Gasteiger partial charge is 0.00147 e. The molecule has 1 aromatic rings. The molecule has 0 saturated heterocycles. The minimum atomic E-state index is 0.846. The van der Waals surface area contributed by atoms with Crippen LogP contribution in [0.15, 0.2) is 18.2 Å². The third-order valence-electron chi connectivity index (χ3n) is 5.56. The average molecular weight is 285 g/mol. The molecule has 21 heavy (non-hydrogen) atoms. The first-order valence-electron chi connectivity index (χ1n) is 9.18. The summed E-state index contributed by atoms with van der Waals surface area (Å²) in [5.41, 5.74) is 4.84. The minimum absolute atomic E-state index is 0.846. The summed E-state index contributed by atoms with van der Waals surface area (Å²) in [6.07, 6.45) is 12.4. The summed E-state index contributed by atoms with van der Waals surface area (Å²) >= 11 is 0. The van der Waals surface area contributed by atoms with E-state index in [1.807, 2.05) is 0 Å². The van der Waals surface area contributed by atoms with Gasteiger partial charge in [0.15, 0.2) is 0 Å². The molecule has 1 N–H and O–H groups in total. The van der Waals surface area contributed by atoms with Crippen LogP contribution in [-0.4, -0.2) is 13.1 Å². The predicted molar refractivity (Wildman–Crippen MR) is 90.8 cm³/mol. The highest BCUT2D eigenvalue weighted by molar-refractivity contribution is 5.35. The van der Waals surface area contributed by atoms with E-state index in [1.165, 1.54) is 70.9 Å². The zero-order valence-corrected chi connectivity index (χ0v) is 13.7. The van der Waals surface area contributed by atoms with E-state index in [1.54, 1.807) is 16.7 Å². The Hall–Kier alpha value is -0.820. The molecule has 0 radical (unpaired) electrons. The summed E-state index contributed by atoms with van der Waals surface area (Å²) in [7, 11) is 0. The fraction of sp³-hybridized carbons (Fsp3) is 0.700. The lowest BCUT2D eigenvalue weighted by atomic mass is 9.85. The molecule has 1 nitrogen and oxygen atoms in total. The second kappa shape index (κ2) is 7.45. The van der Waals surface area contributed by atoms with Gasteiger partial charge in [-0.05, 0) is 73.7 Å². The third kappa shape index (κ3) is 3.88. The normalized spacial score (nSPS) is 19.9. The lowest BCUT2D eigenvalue weighted by Gasteiger charge is -2.24. The van der Waals surface area contributed by atoms with Crippen molar-refractivity contribution in [3.05, 3.63) is 34.9 Å². The Morgan fingerprint density at radius 3 is 2.71 bits per heavy atom. The molecule has 1 atom stereocenters. The van der Waals surface area contributed by atoms with E-state index in [-0.39, 0.29) is 0 Å². The van der Waals surface area contributed by atoms with Gasteiger partial charge in [-0.15, -0.1) is 0 Å². The largest absolute Gasteiger partial charge is 0.316 e. The predicted octanol–water partition coefficient (Wildman–Crippen LogP) is 4.52. The lowest BCUT2D eigenvalue weighted by Crippen LogP contribution is -2.29. The van der Waals surface area contributed by atoms with Crippen molar-refractivity contribution in [1.82, 2.24) is 5.32 Å². The maximum absolute atomic E-state index is 3.68. The highest BCUT2D eigenvalue weighted by Crippen LogP contribution is 2.33. The maximum atomic E-state index is 3.68. The van der Waals surface area contributed by atoms with E-state index in [2.05, 4.69) is 30.4 Å². The fourth-order valence-electron chi connectivity index (χ4n) is 4.35. The molecule has 1 unspecified atom stereocenters. The van der Waals surface area contributed by atoms with E-state index in [0.29, 0.717) is 0 Å². The first-order valence-corrected chi connectivity index (χ1v) is 9.18. The minimum Gasteiger partial charge on any atom is -0.316 e. The summed E-state index contributed by atoms with van der Waals surface area (Å²) < 4.78 is 0. The lowest BCUT2D eigenvalue weighted by molar-refractivity contribution is 0.321. The molecule has 0 aromatic heterocycles. The van der Waals surface area contributed by atoms with Crippen molar-refractivity contribution < 1.29 is 0 Å². The van der Waals surface area contributed by atoms with Gasteiger partial charge in [0.05, 0.1) is 0 Å². The number of nitrogens with one attached hydrogen (secondary N) is 1. The number of hydrogen-bond donors (Lipinski definition) is 1. The molecule has 1 saturated carbocycles. The third-order valence-corrected chi connectivity index (χ3v) is 5.56. The van der Waals surface area contributed by atoms with Crippen LogP contribution >= 0.6 is 0 Å². The van der Waals surface area contributed by atoms with Crippen molar-refractivity contribution in [2.24, 2.45) is 11.8 Å². The Morgan fingerprint density at radius 2 is 1.90 bits per heavy atom. The molecule has 0 spiro atoms. The van der Waals surface area contributed by atoms with Gasteiger partial charge in [0.2, 0.25) is 0 Å². The van der Waals surface area contributed by atoms with E-state index in [0.717, 1.165) is 11.8 Å². The van der Waals surface area contributed by atoms with Gasteiger partial charge in [0.1, 0.15) is 0 Å². The Labute approximate surface area is 130 Å². The molecule has 3 rings (SSSR count). The summed E-state index contributed by atoms with van der Waals surface area (Å²) in [5, 5.41) is 3.68. The highest BCUT2D eigenvalue weighted by atomic mass is 14.9. The highest BCUT2D eigenvalue weighted by Gasteiger charge is 2.25. The van der Waals surface area contributed by atoms with Crippen molar-refractivity contribution >= 4 is 0 Å². The standard InChI is InChI=1S/C20H31N/c1-2-12-21-15-20(17-6-3-4-7-17)14-16-10-11-18-8-5-9-19(18)13-16/h10-11,13,17,20-21H,2-9,12,14-15H2,1H3. The number of aryl methyl sites for hydroxylation is 2. The molecule has 116 valence electrons. The van der Waals surface area contributed by atoms with Crippen LogP contribution in [0.4, 0.5) is 0 Å². The molecule has 0 heterocycles. The molecule has 0 aliphatic heterocycles. The van der Waals surface area contributed by atoms with Gasteiger partial charge < -0.3 is 5.32 Å². The topological polar surface area (TPSA) is 12.0 Å². The van der Waals surface area contributed by atoms with Crippen LogP contribution in [0.3, 0.4) is 0 Å². The molecule has 1 aromatic carbocycles. The molecule has 0 bridgehead atoms. The Morgan fingerprint density at radius 1 is 1.10 bits per heavy atom. The van der Waals surface area contributed by atoms with Gasteiger partial charge in [0, 0.05) is 0 Å². The summed E-state index contributed by atoms with van der Waals surface area (Å²) in [6, 6.07) is 7.33. The zero-order chi connectivity index (χ0) is 14.5.